The van der Waals surface area contributed by atoms with Crippen molar-refractivity contribution in [2.24, 2.45) is 0 Å². The Morgan fingerprint density at radius 2 is 1.73 bits per heavy atom. The summed E-state index contributed by atoms with van der Waals surface area (Å²) in [4.78, 5) is 12.3. The second-order valence-electron chi connectivity index (χ2n) is 4.67. The van der Waals surface area contributed by atoms with Crippen LogP contribution in [0, 0.1) is 6.92 Å². The number of nitrogens with one attached hydrogen (secondary N) is 2. The lowest BCUT2D eigenvalue weighted by molar-refractivity contribution is 0.102. The normalized spacial score (nSPS) is 11.2. The maximum absolute atomic E-state index is 12.3. The molecule has 116 valence electrons. The molecule has 0 bridgehead atoms. The monoisotopic (exact) mass is 338 g/mol. The van der Waals surface area contributed by atoms with Gasteiger partial charge in [0.1, 0.15) is 0 Å². The molecule has 0 fully saturated rings. The average Bonchev–Trinajstić information content (AvgIpc) is 2.49. The molecule has 22 heavy (non-hydrogen) atoms. The first-order valence-corrected chi connectivity index (χ1v) is 8.31. The second-order valence-corrected chi connectivity index (χ2v) is 6.96. The Hall–Kier alpha value is -1.89. The van der Waals surface area contributed by atoms with Crippen LogP contribution in [0.2, 0.25) is 5.02 Å². The van der Waals surface area contributed by atoms with Crippen molar-refractivity contribution in [2.75, 3.05) is 12.4 Å². The number of amides is 1. The molecular weight excluding hydrogens is 324 g/mol. The minimum absolute atomic E-state index is 0.0199. The summed E-state index contributed by atoms with van der Waals surface area (Å²) in [6.07, 6.45) is 0. The Balaban J connectivity index is 2.33. The highest BCUT2D eigenvalue weighted by atomic mass is 35.5. The van der Waals surface area contributed by atoms with Crippen LogP contribution in [0.5, 0.6) is 0 Å². The van der Waals surface area contributed by atoms with E-state index in [4.69, 9.17) is 11.6 Å². The van der Waals surface area contributed by atoms with E-state index in [0.29, 0.717) is 5.69 Å². The Morgan fingerprint density at radius 1 is 1.09 bits per heavy atom. The number of carbonyl (C=O) groups excluding carboxylic acids is 1. The predicted molar refractivity (Wildman–Crippen MR) is 86.8 cm³/mol. The summed E-state index contributed by atoms with van der Waals surface area (Å²) in [6, 6.07) is 11.2. The Morgan fingerprint density at radius 3 is 2.32 bits per heavy atom. The van der Waals surface area contributed by atoms with Crippen molar-refractivity contribution < 1.29 is 13.2 Å². The van der Waals surface area contributed by atoms with Gasteiger partial charge in [-0.15, -0.1) is 0 Å². The van der Waals surface area contributed by atoms with Gasteiger partial charge >= 0.3 is 0 Å². The lowest BCUT2D eigenvalue weighted by Gasteiger charge is -2.09. The lowest BCUT2D eigenvalue weighted by atomic mass is 10.2. The maximum atomic E-state index is 12.3. The average molecular weight is 339 g/mol. The highest BCUT2D eigenvalue weighted by Crippen LogP contribution is 2.22. The molecule has 1 amide bonds. The van der Waals surface area contributed by atoms with Gasteiger partial charge in [-0.05, 0) is 44.3 Å². The van der Waals surface area contributed by atoms with Gasteiger partial charge in [-0.3, -0.25) is 4.79 Å². The molecule has 0 saturated carbocycles. The summed E-state index contributed by atoms with van der Waals surface area (Å²) >= 11 is 6.00. The van der Waals surface area contributed by atoms with E-state index in [0.717, 1.165) is 5.56 Å². The molecule has 0 radical (unpaired) electrons. The number of halogens is 1. The highest BCUT2D eigenvalue weighted by molar-refractivity contribution is 7.89. The predicted octanol–water partition coefficient (Wildman–Crippen LogP) is 2.81. The molecule has 2 aromatic rings. The summed E-state index contributed by atoms with van der Waals surface area (Å²) < 4.78 is 25.8. The first-order chi connectivity index (χ1) is 10.3. The number of aryl methyl sites for hydroxylation is 1. The van der Waals surface area contributed by atoms with Crippen LogP contribution in [-0.2, 0) is 10.0 Å². The number of anilines is 1. The van der Waals surface area contributed by atoms with E-state index in [9.17, 15) is 13.2 Å². The van der Waals surface area contributed by atoms with Crippen molar-refractivity contribution in [1.29, 1.82) is 0 Å². The summed E-state index contributed by atoms with van der Waals surface area (Å²) in [5, 5.41) is 2.86. The van der Waals surface area contributed by atoms with Crippen molar-refractivity contribution in [3.8, 4) is 0 Å². The zero-order valence-electron chi connectivity index (χ0n) is 12.1. The standard InChI is InChI=1S/C15H15ClN2O3S/c1-10-3-5-11(6-4-10)18-15(19)13-9-12(7-8-14(13)16)22(20,21)17-2/h3-9,17H,1-2H3,(H,18,19). The zero-order chi connectivity index (χ0) is 16.3. The number of hydrogen-bond acceptors (Lipinski definition) is 3. The van der Waals surface area contributed by atoms with Crippen LogP contribution >= 0.6 is 11.6 Å². The van der Waals surface area contributed by atoms with E-state index < -0.39 is 15.9 Å². The molecule has 0 spiro atoms. The van der Waals surface area contributed by atoms with Gasteiger partial charge in [-0.2, -0.15) is 0 Å². The van der Waals surface area contributed by atoms with Gasteiger partial charge in [0.25, 0.3) is 5.91 Å². The summed E-state index contributed by atoms with van der Waals surface area (Å²) in [5.74, 6) is -0.470. The van der Waals surface area contributed by atoms with E-state index in [-0.39, 0.29) is 15.5 Å². The third kappa shape index (κ3) is 3.65. The van der Waals surface area contributed by atoms with Crippen molar-refractivity contribution >= 4 is 33.2 Å². The number of rotatable bonds is 4. The molecule has 0 aliphatic heterocycles. The topological polar surface area (TPSA) is 75.3 Å². The van der Waals surface area contributed by atoms with E-state index in [1.54, 1.807) is 12.1 Å². The molecule has 0 heterocycles. The first-order valence-electron chi connectivity index (χ1n) is 6.44. The summed E-state index contributed by atoms with van der Waals surface area (Å²) in [7, 11) is -2.34. The Kier molecular flexibility index (Phi) is 4.85. The molecule has 0 unspecified atom stereocenters. The number of hydrogen-bond donors (Lipinski definition) is 2. The minimum Gasteiger partial charge on any atom is -0.322 e. The quantitative estimate of drug-likeness (QED) is 0.900. The molecule has 5 nitrogen and oxygen atoms in total. The number of carbonyl (C=O) groups is 1. The van der Waals surface area contributed by atoms with Crippen LogP contribution in [0.3, 0.4) is 0 Å². The molecule has 2 N–H and O–H groups in total. The minimum atomic E-state index is -3.64. The summed E-state index contributed by atoms with van der Waals surface area (Å²) in [5.41, 5.74) is 1.77. The fraction of sp³-hybridized carbons (Fsp3) is 0.133. The SMILES string of the molecule is CNS(=O)(=O)c1ccc(Cl)c(C(=O)Nc2ccc(C)cc2)c1. The maximum Gasteiger partial charge on any atom is 0.257 e. The zero-order valence-corrected chi connectivity index (χ0v) is 13.6. The van der Waals surface area contributed by atoms with Crippen LogP contribution in [-0.4, -0.2) is 21.4 Å². The molecular formula is C15H15ClN2O3S. The fourth-order valence-corrected chi connectivity index (χ4v) is 2.76. The third-order valence-electron chi connectivity index (χ3n) is 3.07. The lowest BCUT2D eigenvalue weighted by Crippen LogP contribution is -2.20. The van der Waals surface area contributed by atoms with Crippen LogP contribution in [0.4, 0.5) is 5.69 Å². The Bertz CT molecular complexity index is 802. The van der Waals surface area contributed by atoms with E-state index in [1.165, 1.54) is 25.2 Å². The van der Waals surface area contributed by atoms with Gasteiger partial charge in [0.2, 0.25) is 10.0 Å². The highest BCUT2D eigenvalue weighted by Gasteiger charge is 2.17. The van der Waals surface area contributed by atoms with Gasteiger partial charge in [0.15, 0.2) is 0 Å². The molecule has 0 saturated heterocycles. The largest absolute Gasteiger partial charge is 0.322 e. The van der Waals surface area contributed by atoms with Crippen LogP contribution in [0.25, 0.3) is 0 Å². The van der Waals surface area contributed by atoms with Crippen molar-refractivity contribution in [1.82, 2.24) is 4.72 Å². The van der Waals surface area contributed by atoms with Gasteiger partial charge in [0, 0.05) is 5.69 Å². The van der Waals surface area contributed by atoms with E-state index in [1.807, 2.05) is 19.1 Å². The van der Waals surface area contributed by atoms with E-state index in [2.05, 4.69) is 10.0 Å². The van der Waals surface area contributed by atoms with Gasteiger partial charge < -0.3 is 5.32 Å². The van der Waals surface area contributed by atoms with Crippen LogP contribution in [0.1, 0.15) is 15.9 Å². The van der Waals surface area contributed by atoms with Crippen LogP contribution in [0.15, 0.2) is 47.4 Å². The van der Waals surface area contributed by atoms with Crippen molar-refractivity contribution in [2.45, 2.75) is 11.8 Å². The Labute approximate surface area is 134 Å². The fourth-order valence-electron chi connectivity index (χ4n) is 1.80. The molecule has 0 aromatic heterocycles. The summed E-state index contributed by atoms with van der Waals surface area (Å²) in [6.45, 7) is 1.94. The molecule has 0 aliphatic rings. The van der Waals surface area contributed by atoms with E-state index >= 15 is 0 Å². The first kappa shape index (κ1) is 16.5. The van der Waals surface area contributed by atoms with Crippen molar-refractivity contribution in [3.05, 3.63) is 58.6 Å². The molecule has 2 aromatic carbocycles. The van der Waals surface area contributed by atoms with Crippen LogP contribution < -0.4 is 10.0 Å². The molecule has 7 heteroatoms. The molecule has 2 rings (SSSR count). The van der Waals surface area contributed by atoms with Gasteiger partial charge in [-0.1, -0.05) is 29.3 Å². The second kappa shape index (κ2) is 6.48. The van der Waals surface area contributed by atoms with Gasteiger partial charge in [-0.25, -0.2) is 13.1 Å². The number of sulfonamides is 1. The number of benzene rings is 2. The molecule has 0 aliphatic carbocycles. The third-order valence-corrected chi connectivity index (χ3v) is 4.81. The van der Waals surface area contributed by atoms with Crippen molar-refractivity contribution in [3.63, 3.8) is 0 Å². The molecule has 0 atom stereocenters. The van der Waals surface area contributed by atoms with Gasteiger partial charge in [0.05, 0.1) is 15.5 Å². The smallest absolute Gasteiger partial charge is 0.257 e.